The molecule has 14 heavy (non-hydrogen) atoms. The largest absolute Gasteiger partial charge is 0.481 e. The van der Waals surface area contributed by atoms with Crippen molar-refractivity contribution in [2.45, 2.75) is 51.4 Å². The minimum absolute atomic E-state index is 0.0564. The van der Waals surface area contributed by atoms with Gasteiger partial charge >= 0.3 is 5.97 Å². The maximum Gasteiger partial charge on any atom is 0.306 e. The Morgan fingerprint density at radius 1 is 1.21 bits per heavy atom. The fourth-order valence-electron chi connectivity index (χ4n) is 2.31. The molecule has 1 N–H and O–H groups in total. The van der Waals surface area contributed by atoms with Gasteiger partial charge in [-0.05, 0) is 31.6 Å². The van der Waals surface area contributed by atoms with E-state index in [1.807, 2.05) is 0 Å². The predicted octanol–water partition coefficient (Wildman–Crippen LogP) is 3.27. The van der Waals surface area contributed by atoms with Crippen LogP contribution in [-0.4, -0.2) is 11.1 Å². The Labute approximate surface area is 86.7 Å². The van der Waals surface area contributed by atoms with E-state index in [1.165, 1.54) is 19.3 Å². The van der Waals surface area contributed by atoms with Crippen LogP contribution in [0.3, 0.4) is 0 Å². The molecule has 1 rings (SSSR count). The van der Waals surface area contributed by atoms with Crippen LogP contribution in [0.5, 0.6) is 0 Å². The summed E-state index contributed by atoms with van der Waals surface area (Å²) >= 11 is 0. The molecule has 2 heteroatoms. The first-order valence-corrected chi connectivity index (χ1v) is 5.76. The van der Waals surface area contributed by atoms with Gasteiger partial charge in [0.2, 0.25) is 0 Å². The number of aliphatic carboxylic acids is 1. The normalized spacial score (nSPS) is 27.5. The van der Waals surface area contributed by atoms with Gasteiger partial charge in [0.25, 0.3) is 0 Å². The molecule has 2 nitrogen and oxygen atoms in total. The SMILES string of the molecule is [CH2]CCCCC1CCC(C(=O)O)CC1. The average molecular weight is 197 g/mol. The van der Waals surface area contributed by atoms with Crippen molar-refractivity contribution >= 4 is 5.97 Å². The van der Waals surface area contributed by atoms with Gasteiger partial charge in [-0.15, -0.1) is 0 Å². The van der Waals surface area contributed by atoms with Crippen molar-refractivity contribution < 1.29 is 9.90 Å². The molecule has 0 bridgehead atoms. The van der Waals surface area contributed by atoms with Crippen LogP contribution in [0, 0.1) is 18.8 Å². The smallest absolute Gasteiger partial charge is 0.306 e. The Bertz CT molecular complexity index is 169. The molecule has 0 spiro atoms. The zero-order chi connectivity index (χ0) is 10.4. The number of carbonyl (C=O) groups is 1. The Balaban J connectivity index is 2.12. The molecule has 0 amide bonds. The van der Waals surface area contributed by atoms with E-state index in [0.29, 0.717) is 0 Å². The van der Waals surface area contributed by atoms with E-state index in [2.05, 4.69) is 6.92 Å². The number of carboxylic acids is 1. The summed E-state index contributed by atoms with van der Waals surface area (Å²) < 4.78 is 0. The molecule has 1 radical (unpaired) electrons. The van der Waals surface area contributed by atoms with E-state index in [1.54, 1.807) is 0 Å². The van der Waals surface area contributed by atoms with Gasteiger partial charge in [-0.2, -0.15) is 0 Å². The summed E-state index contributed by atoms with van der Waals surface area (Å²) in [5.41, 5.74) is 0. The van der Waals surface area contributed by atoms with Crippen LogP contribution in [-0.2, 0) is 4.79 Å². The Morgan fingerprint density at radius 3 is 2.36 bits per heavy atom. The number of hydrogen-bond donors (Lipinski definition) is 1. The van der Waals surface area contributed by atoms with E-state index in [0.717, 1.165) is 38.0 Å². The standard InChI is InChI=1S/C12H21O2/c1-2-3-4-5-10-6-8-11(9-7-10)12(13)14/h10-11H,1-9H2,(H,13,14). The van der Waals surface area contributed by atoms with Gasteiger partial charge in [0.15, 0.2) is 0 Å². The van der Waals surface area contributed by atoms with Gasteiger partial charge in [-0.1, -0.05) is 32.6 Å². The predicted molar refractivity (Wildman–Crippen MR) is 56.9 cm³/mol. The first-order valence-electron chi connectivity index (χ1n) is 5.76. The third kappa shape index (κ3) is 3.69. The van der Waals surface area contributed by atoms with Crippen molar-refractivity contribution in [3.63, 3.8) is 0 Å². The molecular weight excluding hydrogens is 176 g/mol. The monoisotopic (exact) mass is 197 g/mol. The summed E-state index contributed by atoms with van der Waals surface area (Å²) in [5, 5.41) is 8.83. The van der Waals surface area contributed by atoms with E-state index < -0.39 is 5.97 Å². The fraction of sp³-hybridized carbons (Fsp3) is 0.833. The van der Waals surface area contributed by atoms with Crippen molar-refractivity contribution in [3.8, 4) is 0 Å². The molecule has 0 unspecified atom stereocenters. The first kappa shape index (κ1) is 11.5. The Morgan fingerprint density at radius 2 is 1.86 bits per heavy atom. The van der Waals surface area contributed by atoms with Crippen LogP contribution in [0.1, 0.15) is 51.4 Å². The number of carboxylic acid groups (broad SMARTS) is 1. The lowest BCUT2D eigenvalue weighted by molar-refractivity contribution is -0.143. The maximum absolute atomic E-state index is 10.7. The number of unbranched alkanes of at least 4 members (excludes halogenated alkanes) is 2. The Kier molecular flexibility index (Phi) is 4.99. The number of rotatable bonds is 5. The summed E-state index contributed by atoms with van der Waals surface area (Å²) in [5.74, 6) is 0.137. The lowest BCUT2D eigenvalue weighted by Crippen LogP contribution is -2.21. The lowest BCUT2D eigenvalue weighted by Gasteiger charge is -2.25. The quantitative estimate of drug-likeness (QED) is 0.687. The number of hydrogen-bond acceptors (Lipinski definition) is 1. The molecule has 0 aromatic heterocycles. The molecule has 0 heterocycles. The second kappa shape index (κ2) is 6.05. The second-order valence-corrected chi connectivity index (χ2v) is 4.41. The van der Waals surface area contributed by atoms with Crippen LogP contribution in [0.15, 0.2) is 0 Å². The van der Waals surface area contributed by atoms with Crippen LogP contribution in [0.4, 0.5) is 0 Å². The van der Waals surface area contributed by atoms with E-state index in [-0.39, 0.29) is 5.92 Å². The first-order chi connectivity index (χ1) is 6.74. The van der Waals surface area contributed by atoms with Crippen molar-refractivity contribution in [2.24, 2.45) is 11.8 Å². The van der Waals surface area contributed by atoms with Crippen molar-refractivity contribution in [1.82, 2.24) is 0 Å². The molecule has 81 valence electrons. The average Bonchev–Trinajstić information content (AvgIpc) is 2.19. The van der Waals surface area contributed by atoms with Gasteiger partial charge < -0.3 is 5.11 Å². The molecule has 0 atom stereocenters. The summed E-state index contributed by atoms with van der Waals surface area (Å²) in [6, 6.07) is 0. The van der Waals surface area contributed by atoms with E-state index in [4.69, 9.17) is 5.11 Å². The molecular formula is C12H21O2. The summed E-state index contributed by atoms with van der Waals surface area (Å²) in [4.78, 5) is 10.7. The highest BCUT2D eigenvalue weighted by Crippen LogP contribution is 2.31. The van der Waals surface area contributed by atoms with E-state index >= 15 is 0 Å². The minimum Gasteiger partial charge on any atom is -0.481 e. The minimum atomic E-state index is -0.596. The van der Waals surface area contributed by atoms with E-state index in [9.17, 15) is 4.79 Å². The lowest BCUT2D eigenvalue weighted by atomic mass is 9.80. The summed E-state index contributed by atoms with van der Waals surface area (Å²) in [6.45, 7) is 3.83. The molecule has 0 aliphatic heterocycles. The van der Waals surface area contributed by atoms with Crippen molar-refractivity contribution in [2.75, 3.05) is 0 Å². The Hall–Kier alpha value is -0.530. The van der Waals surface area contributed by atoms with Crippen molar-refractivity contribution in [3.05, 3.63) is 6.92 Å². The van der Waals surface area contributed by atoms with Gasteiger partial charge in [0, 0.05) is 0 Å². The van der Waals surface area contributed by atoms with Crippen LogP contribution in [0.2, 0.25) is 0 Å². The highest BCUT2D eigenvalue weighted by Gasteiger charge is 2.25. The van der Waals surface area contributed by atoms with Crippen LogP contribution >= 0.6 is 0 Å². The molecule has 0 aromatic rings. The highest BCUT2D eigenvalue weighted by atomic mass is 16.4. The highest BCUT2D eigenvalue weighted by molar-refractivity contribution is 5.69. The van der Waals surface area contributed by atoms with Crippen molar-refractivity contribution in [1.29, 1.82) is 0 Å². The molecule has 0 saturated heterocycles. The van der Waals surface area contributed by atoms with Gasteiger partial charge in [-0.25, -0.2) is 0 Å². The van der Waals surface area contributed by atoms with Crippen LogP contribution in [0.25, 0.3) is 0 Å². The molecule has 1 aliphatic carbocycles. The third-order valence-corrected chi connectivity index (χ3v) is 3.31. The third-order valence-electron chi connectivity index (χ3n) is 3.31. The molecule has 0 aromatic carbocycles. The molecule has 1 aliphatic rings. The topological polar surface area (TPSA) is 37.3 Å². The van der Waals surface area contributed by atoms with Crippen LogP contribution < -0.4 is 0 Å². The fourth-order valence-corrected chi connectivity index (χ4v) is 2.31. The zero-order valence-electron chi connectivity index (χ0n) is 8.87. The molecule has 1 saturated carbocycles. The van der Waals surface area contributed by atoms with Gasteiger partial charge in [0.05, 0.1) is 5.92 Å². The second-order valence-electron chi connectivity index (χ2n) is 4.41. The molecule has 1 fully saturated rings. The maximum atomic E-state index is 10.7. The van der Waals surface area contributed by atoms with Gasteiger partial charge in [-0.3, -0.25) is 4.79 Å². The summed E-state index contributed by atoms with van der Waals surface area (Å²) in [7, 11) is 0. The van der Waals surface area contributed by atoms with Gasteiger partial charge in [0.1, 0.15) is 0 Å². The summed E-state index contributed by atoms with van der Waals surface area (Å²) in [6.07, 6.45) is 8.83. The zero-order valence-corrected chi connectivity index (χ0v) is 8.87.